The average Bonchev–Trinajstić information content (AvgIpc) is 2.85. The largest absolute Gasteiger partial charge is 0.454 e. The van der Waals surface area contributed by atoms with Crippen LogP contribution >= 0.6 is 15.9 Å². The third-order valence-electron chi connectivity index (χ3n) is 2.39. The van der Waals surface area contributed by atoms with Crippen LogP contribution in [0.25, 0.3) is 0 Å². The van der Waals surface area contributed by atoms with Crippen molar-refractivity contribution in [2.45, 2.75) is 0 Å². The van der Waals surface area contributed by atoms with Gasteiger partial charge in [0.2, 0.25) is 6.79 Å². The number of benzene rings is 1. The molecular formula is C10H9BrN2O2. The molecule has 0 bridgehead atoms. The van der Waals surface area contributed by atoms with Gasteiger partial charge in [-0.1, -0.05) is 0 Å². The second kappa shape index (κ2) is 3.41. The Morgan fingerprint density at radius 2 is 2.07 bits per heavy atom. The van der Waals surface area contributed by atoms with Gasteiger partial charge in [0.1, 0.15) is 5.84 Å². The molecule has 0 fully saturated rings. The van der Waals surface area contributed by atoms with Gasteiger partial charge in [-0.05, 0) is 28.1 Å². The van der Waals surface area contributed by atoms with Crippen molar-refractivity contribution in [1.82, 2.24) is 5.32 Å². The summed E-state index contributed by atoms with van der Waals surface area (Å²) < 4.78 is 11.6. The number of rotatable bonds is 1. The van der Waals surface area contributed by atoms with Crippen LogP contribution in [-0.2, 0) is 0 Å². The Labute approximate surface area is 95.4 Å². The van der Waals surface area contributed by atoms with E-state index in [0.717, 1.165) is 40.5 Å². The van der Waals surface area contributed by atoms with Gasteiger partial charge >= 0.3 is 0 Å². The fraction of sp³-hybridized carbons (Fsp3) is 0.300. The van der Waals surface area contributed by atoms with E-state index in [9.17, 15) is 0 Å². The molecule has 0 radical (unpaired) electrons. The van der Waals surface area contributed by atoms with Gasteiger partial charge in [-0.25, -0.2) is 0 Å². The molecule has 0 spiro atoms. The van der Waals surface area contributed by atoms with Crippen LogP contribution in [0.3, 0.4) is 0 Å². The van der Waals surface area contributed by atoms with Gasteiger partial charge in [-0.15, -0.1) is 0 Å². The van der Waals surface area contributed by atoms with Crippen LogP contribution < -0.4 is 14.8 Å². The molecule has 0 atom stereocenters. The van der Waals surface area contributed by atoms with Crippen LogP contribution in [0.5, 0.6) is 11.5 Å². The van der Waals surface area contributed by atoms with Crippen LogP contribution in [0.4, 0.5) is 0 Å². The van der Waals surface area contributed by atoms with E-state index >= 15 is 0 Å². The van der Waals surface area contributed by atoms with Gasteiger partial charge in [-0.3, -0.25) is 4.99 Å². The fourth-order valence-corrected chi connectivity index (χ4v) is 2.19. The maximum Gasteiger partial charge on any atom is 0.231 e. The molecule has 0 saturated carbocycles. The number of aliphatic imine (C=N–C) groups is 1. The zero-order chi connectivity index (χ0) is 10.3. The number of halogens is 1. The quantitative estimate of drug-likeness (QED) is 0.840. The van der Waals surface area contributed by atoms with Crippen molar-refractivity contribution in [2.24, 2.45) is 4.99 Å². The monoisotopic (exact) mass is 268 g/mol. The molecule has 4 nitrogen and oxygen atoms in total. The Morgan fingerprint density at radius 3 is 2.80 bits per heavy atom. The predicted octanol–water partition coefficient (Wildman–Crippen LogP) is 1.53. The molecule has 1 aromatic rings. The number of amidine groups is 1. The normalized spacial score (nSPS) is 17.5. The lowest BCUT2D eigenvalue weighted by atomic mass is 10.2. The summed E-state index contributed by atoms with van der Waals surface area (Å²) in [4.78, 5) is 4.37. The highest BCUT2D eigenvalue weighted by Gasteiger charge is 2.19. The molecule has 0 aromatic heterocycles. The molecule has 0 aliphatic carbocycles. The zero-order valence-electron chi connectivity index (χ0n) is 7.92. The van der Waals surface area contributed by atoms with Crippen LogP contribution in [0, 0.1) is 0 Å². The van der Waals surface area contributed by atoms with Crippen molar-refractivity contribution >= 4 is 21.8 Å². The standard InChI is InChI=1S/C10H9BrN2O2/c11-7-4-9-8(14-5-15-9)3-6(7)10-12-1-2-13-10/h3-4H,1-2,5H2,(H,12,13). The number of hydrogen-bond acceptors (Lipinski definition) is 4. The number of hydrogen-bond donors (Lipinski definition) is 1. The summed E-state index contributed by atoms with van der Waals surface area (Å²) in [5, 5.41) is 3.23. The summed E-state index contributed by atoms with van der Waals surface area (Å²) in [5.41, 5.74) is 1.02. The van der Waals surface area contributed by atoms with Crippen molar-refractivity contribution in [3.8, 4) is 11.5 Å². The van der Waals surface area contributed by atoms with E-state index in [-0.39, 0.29) is 0 Å². The SMILES string of the molecule is Brc1cc2c(cc1C1=NCCN1)OCO2. The lowest BCUT2D eigenvalue weighted by Gasteiger charge is -2.06. The molecule has 3 rings (SSSR count). The highest BCUT2D eigenvalue weighted by Crippen LogP contribution is 2.37. The molecule has 0 unspecified atom stereocenters. The van der Waals surface area contributed by atoms with Crippen molar-refractivity contribution in [2.75, 3.05) is 19.9 Å². The van der Waals surface area contributed by atoms with Crippen molar-refractivity contribution < 1.29 is 9.47 Å². The Bertz CT molecular complexity index is 445. The molecule has 5 heteroatoms. The van der Waals surface area contributed by atoms with Crippen molar-refractivity contribution in [3.05, 3.63) is 22.2 Å². The lowest BCUT2D eigenvalue weighted by Crippen LogP contribution is -2.19. The van der Waals surface area contributed by atoms with Gasteiger partial charge in [0.15, 0.2) is 11.5 Å². The smallest absolute Gasteiger partial charge is 0.231 e. The van der Waals surface area contributed by atoms with E-state index in [1.165, 1.54) is 0 Å². The fourth-order valence-electron chi connectivity index (χ4n) is 1.68. The highest BCUT2D eigenvalue weighted by molar-refractivity contribution is 9.10. The first-order chi connectivity index (χ1) is 7.34. The summed E-state index contributed by atoms with van der Waals surface area (Å²) in [5.74, 6) is 2.48. The molecule has 1 aromatic carbocycles. The van der Waals surface area contributed by atoms with E-state index < -0.39 is 0 Å². The minimum atomic E-state index is 0.297. The second-order valence-electron chi connectivity index (χ2n) is 3.34. The minimum absolute atomic E-state index is 0.297. The summed E-state index contributed by atoms with van der Waals surface area (Å²) in [7, 11) is 0. The average molecular weight is 269 g/mol. The minimum Gasteiger partial charge on any atom is -0.454 e. The second-order valence-corrected chi connectivity index (χ2v) is 4.20. The van der Waals surface area contributed by atoms with Crippen LogP contribution in [0.1, 0.15) is 5.56 Å². The van der Waals surface area contributed by atoms with Crippen LogP contribution in [0.2, 0.25) is 0 Å². The van der Waals surface area contributed by atoms with Gasteiger partial charge in [-0.2, -0.15) is 0 Å². The van der Waals surface area contributed by atoms with E-state index in [2.05, 4.69) is 26.2 Å². The number of nitrogens with zero attached hydrogens (tertiary/aromatic N) is 1. The Balaban J connectivity index is 2.08. The Hall–Kier alpha value is -1.23. The molecular weight excluding hydrogens is 260 g/mol. The third-order valence-corrected chi connectivity index (χ3v) is 3.05. The molecule has 1 N–H and O–H groups in total. The van der Waals surface area contributed by atoms with Gasteiger partial charge < -0.3 is 14.8 Å². The topological polar surface area (TPSA) is 42.9 Å². The summed E-state index contributed by atoms with van der Waals surface area (Å²) in [6.07, 6.45) is 0. The van der Waals surface area contributed by atoms with E-state index in [1.807, 2.05) is 12.1 Å². The predicted molar refractivity (Wildman–Crippen MR) is 59.7 cm³/mol. The molecule has 0 saturated heterocycles. The van der Waals surface area contributed by atoms with E-state index in [0.29, 0.717) is 6.79 Å². The van der Waals surface area contributed by atoms with Gasteiger partial charge in [0, 0.05) is 16.6 Å². The molecule has 0 amide bonds. The number of fused-ring (bicyclic) bond motifs is 1. The number of nitrogens with one attached hydrogen (secondary N) is 1. The maximum absolute atomic E-state index is 5.33. The van der Waals surface area contributed by atoms with Crippen molar-refractivity contribution in [3.63, 3.8) is 0 Å². The molecule has 15 heavy (non-hydrogen) atoms. The maximum atomic E-state index is 5.33. The van der Waals surface area contributed by atoms with Crippen LogP contribution in [0.15, 0.2) is 21.6 Å². The lowest BCUT2D eigenvalue weighted by molar-refractivity contribution is 0.174. The first kappa shape index (κ1) is 9.03. The van der Waals surface area contributed by atoms with E-state index in [4.69, 9.17) is 9.47 Å². The highest BCUT2D eigenvalue weighted by atomic mass is 79.9. The first-order valence-corrected chi connectivity index (χ1v) is 5.52. The summed E-state index contributed by atoms with van der Waals surface area (Å²) >= 11 is 3.50. The Kier molecular flexibility index (Phi) is 2.05. The van der Waals surface area contributed by atoms with Gasteiger partial charge in [0.05, 0.1) is 6.54 Å². The Morgan fingerprint density at radius 1 is 1.27 bits per heavy atom. The summed E-state index contributed by atoms with van der Waals surface area (Å²) in [6, 6.07) is 3.86. The first-order valence-electron chi connectivity index (χ1n) is 4.72. The van der Waals surface area contributed by atoms with E-state index in [1.54, 1.807) is 0 Å². The summed E-state index contributed by atoms with van der Waals surface area (Å²) in [6.45, 7) is 2.03. The molecule has 78 valence electrons. The van der Waals surface area contributed by atoms with Crippen LogP contribution in [-0.4, -0.2) is 25.7 Å². The molecule has 2 aliphatic rings. The zero-order valence-corrected chi connectivity index (χ0v) is 9.50. The molecule has 2 heterocycles. The molecule has 2 aliphatic heterocycles. The third kappa shape index (κ3) is 1.47. The van der Waals surface area contributed by atoms with Gasteiger partial charge in [0.25, 0.3) is 0 Å². The number of ether oxygens (including phenoxy) is 2. The van der Waals surface area contributed by atoms with Crippen molar-refractivity contribution in [1.29, 1.82) is 0 Å².